The van der Waals surface area contributed by atoms with E-state index >= 15 is 0 Å². The summed E-state index contributed by atoms with van der Waals surface area (Å²) >= 11 is 13.9. The monoisotopic (exact) mass is 611 g/mol. The summed E-state index contributed by atoms with van der Waals surface area (Å²) < 4.78 is 11.8. The molecule has 0 saturated heterocycles. The fraction of sp³-hybridized carbons (Fsp3) is 0.125. The van der Waals surface area contributed by atoms with Crippen LogP contribution in [0.2, 0.25) is 10.0 Å². The van der Waals surface area contributed by atoms with Crippen molar-refractivity contribution < 1.29 is 19.1 Å². The Morgan fingerprint density at radius 1 is 1.06 bits per heavy atom. The van der Waals surface area contributed by atoms with Crippen LogP contribution in [0, 0.1) is 10.5 Å². The second kappa shape index (κ2) is 12.0. The number of hydrogen-bond donors (Lipinski definition) is 2. The maximum Gasteiger partial charge on any atom is 0.271 e. The minimum absolute atomic E-state index is 0.243. The van der Waals surface area contributed by atoms with Gasteiger partial charge in [-0.05, 0) is 77.5 Å². The Morgan fingerprint density at radius 3 is 2.47 bits per heavy atom. The lowest BCUT2D eigenvalue weighted by molar-refractivity contribution is -0.118. The summed E-state index contributed by atoms with van der Waals surface area (Å²) in [6.45, 7) is 1.71. The Labute approximate surface area is 220 Å². The second-order valence-electron chi connectivity index (χ2n) is 7.07. The Morgan fingerprint density at radius 2 is 1.79 bits per heavy atom. The quantitative estimate of drug-likeness (QED) is 0.194. The van der Waals surface area contributed by atoms with E-state index in [1.807, 2.05) is 19.1 Å². The number of methoxy groups -OCH3 is 1. The highest BCUT2D eigenvalue weighted by atomic mass is 127. The summed E-state index contributed by atoms with van der Waals surface area (Å²) in [4.78, 5) is 24.5. The standard InChI is InChI=1S/C24H20Cl2IN3O4/c1-14-3-5-16(6-4-14)24(32)30-28-12-15-9-20(27)23(21(10-15)33-2)34-13-22(31)29-17-7-8-18(25)19(26)11-17/h3-12H,13H2,1-2H3,(H,29,31)(H,30,32)/b28-12+. The number of hydrogen-bond acceptors (Lipinski definition) is 5. The molecule has 0 spiro atoms. The third kappa shape index (κ3) is 7.09. The fourth-order valence-corrected chi connectivity index (χ4v) is 3.88. The van der Waals surface area contributed by atoms with Crippen molar-refractivity contribution in [1.29, 1.82) is 0 Å². The molecule has 0 aromatic heterocycles. The molecule has 3 rings (SSSR count). The van der Waals surface area contributed by atoms with Gasteiger partial charge in [-0.15, -0.1) is 0 Å². The van der Waals surface area contributed by atoms with Gasteiger partial charge in [0.1, 0.15) is 0 Å². The number of nitrogens with zero attached hydrogens (tertiary/aromatic N) is 1. The molecule has 0 atom stereocenters. The van der Waals surface area contributed by atoms with Crippen LogP contribution in [0.3, 0.4) is 0 Å². The number of ether oxygens (including phenoxy) is 2. The summed E-state index contributed by atoms with van der Waals surface area (Å²) in [6.07, 6.45) is 1.50. The zero-order chi connectivity index (χ0) is 24.7. The van der Waals surface area contributed by atoms with Crippen molar-refractivity contribution in [2.24, 2.45) is 5.10 Å². The molecule has 0 radical (unpaired) electrons. The zero-order valence-corrected chi connectivity index (χ0v) is 21.9. The van der Waals surface area contributed by atoms with E-state index in [0.29, 0.717) is 41.9 Å². The first-order chi connectivity index (χ1) is 16.3. The van der Waals surface area contributed by atoms with E-state index in [0.717, 1.165) is 5.56 Å². The maximum absolute atomic E-state index is 12.3. The fourth-order valence-electron chi connectivity index (χ4n) is 2.80. The molecule has 0 unspecified atom stereocenters. The molecule has 0 heterocycles. The van der Waals surface area contributed by atoms with Crippen LogP contribution in [-0.2, 0) is 4.79 Å². The minimum atomic E-state index is -0.374. The van der Waals surface area contributed by atoms with Crippen molar-refractivity contribution in [1.82, 2.24) is 5.43 Å². The van der Waals surface area contributed by atoms with Crippen LogP contribution in [0.15, 0.2) is 59.7 Å². The molecule has 0 saturated carbocycles. The maximum atomic E-state index is 12.3. The van der Waals surface area contributed by atoms with E-state index < -0.39 is 0 Å². The van der Waals surface area contributed by atoms with Crippen molar-refractivity contribution in [3.63, 3.8) is 0 Å². The number of aryl methyl sites for hydroxylation is 1. The van der Waals surface area contributed by atoms with Gasteiger partial charge in [-0.25, -0.2) is 5.43 Å². The number of carbonyl (C=O) groups excluding carboxylic acids is 2. The van der Waals surface area contributed by atoms with Gasteiger partial charge in [0.15, 0.2) is 18.1 Å². The van der Waals surface area contributed by atoms with Gasteiger partial charge in [0.25, 0.3) is 11.8 Å². The van der Waals surface area contributed by atoms with Gasteiger partial charge in [0.2, 0.25) is 0 Å². The van der Waals surface area contributed by atoms with Gasteiger partial charge in [-0.2, -0.15) is 5.10 Å². The van der Waals surface area contributed by atoms with Gasteiger partial charge in [0, 0.05) is 11.3 Å². The van der Waals surface area contributed by atoms with Crippen LogP contribution < -0.4 is 20.2 Å². The van der Waals surface area contributed by atoms with E-state index in [4.69, 9.17) is 32.7 Å². The summed E-state index contributed by atoms with van der Waals surface area (Å²) in [5.74, 6) is 0.139. The smallest absolute Gasteiger partial charge is 0.271 e. The number of benzene rings is 3. The van der Waals surface area contributed by atoms with E-state index in [2.05, 4.69) is 38.4 Å². The Hall–Kier alpha value is -2.82. The van der Waals surface area contributed by atoms with Gasteiger partial charge < -0.3 is 14.8 Å². The Bertz CT molecular complexity index is 1230. The molecule has 0 aliphatic carbocycles. The number of hydrazone groups is 1. The van der Waals surface area contributed by atoms with Gasteiger partial charge in [0.05, 0.1) is 26.9 Å². The predicted octanol–water partition coefficient (Wildman–Crippen LogP) is 5.70. The normalized spacial score (nSPS) is 10.7. The molecular formula is C24H20Cl2IN3O4. The summed E-state index contributed by atoms with van der Waals surface area (Å²) in [6, 6.07) is 15.4. The van der Waals surface area contributed by atoms with E-state index in [9.17, 15) is 9.59 Å². The Kier molecular flexibility index (Phi) is 9.14. The highest BCUT2D eigenvalue weighted by molar-refractivity contribution is 14.1. The highest BCUT2D eigenvalue weighted by Crippen LogP contribution is 2.33. The molecule has 2 N–H and O–H groups in total. The van der Waals surface area contributed by atoms with Crippen molar-refractivity contribution in [2.75, 3.05) is 19.0 Å². The molecule has 3 aromatic rings. The molecular weight excluding hydrogens is 592 g/mol. The van der Waals surface area contributed by atoms with Crippen LogP contribution in [0.4, 0.5) is 5.69 Å². The lowest BCUT2D eigenvalue weighted by Crippen LogP contribution is -2.20. The summed E-state index contributed by atoms with van der Waals surface area (Å²) in [5.41, 5.74) is 5.25. The third-order valence-electron chi connectivity index (χ3n) is 4.50. The second-order valence-corrected chi connectivity index (χ2v) is 9.04. The van der Waals surface area contributed by atoms with E-state index in [-0.39, 0.29) is 18.4 Å². The average Bonchev–Trinajstić information content (AvgIpc) is 2.80. The molecule has 176 valence electrons. The number of halogens is 3. The van der Waals surface area contributed by atoms with Crippen LogP contribution in [0.1, 0.15) is 21.5 Å². The van der Waals surface area contributed by atoms with Gasteiger partial charge in [-0.3, -0.25) is 9.59 Å². The molecule has 2 amide bonds. The lowest BCUT2D eigenvalue weighted by Gasteiger charge is -2.13. The zero-order valence-electron chi connectivity index (χ0n) is 18.2. The van der Waals surface area contributed by atoms with Crippen molar-refractivity contribution in [2.45, 2.75) is 6.92 Å². The van der Waals surface area contributed by atoms with Crippen molar-refractivity contribution in [3.05, 3.63) is 84.9 Å². The van der Waals surface area contributed by atoms with Crippen molar-refractivity contribution >= 4 is 69.5 Å². The molecule has 0 fully saturated rings. The first kappa shape index (κ1) is 25.8. The van der Waals surface area contributed by atoms with Gasteiger partial charge >= 0.3 is 0 Å². The summed E-state index contributed by atoms with van der Waals surface area (Å²) in [7, 11) is 1.49. The number of anilines is 1. The highest BCUT2D eigenvalue weighted by Gasteiger charge is 2.14. The Balaban J connectivity index is 1.62. The number of carbonyl (C=O) groups is 2. The predicted molar refractivity (Wildman–Crippen MR) is 143 cm³/mol. The molecule has 7 nitrogen and oxygen atoms in total. The van der Waals surface area contributed by atoms with Crippen LogP contribution in [-0.4, -0.2) is 31.7 Å². The molecule has 34 heavy (non-hydrogen) atoms. The average molecular weight is 612 g/mol. The minimum Gasteiger partial charge on any atom is -0.493 e. The molecule has 0 aliphatic rings. The number of rotatable bonds is 8. The molecule has 3 aromatic carbocycles. The third-order valence-corrected chi connectivity index (χ3v) is 6.04. The van der Waals surface area contributed by atoms with Crippen molar-refractivity contribution in [3.8, 4) is 11.5 Å². The van der Waals surface area contributed by atoms with Crippen LogP contribution >= 0.6 is 45.8 Å². The topological polar surface area (TPSA) is 89.0 Å². The largest absolute Gasteiger partial charge is 0.493 e. The first-order valence-electron chi connectivity index (χ1n) is 9.92. The SMILES string of the molecule is COc1cc(/C=N/NC(=O)c2ccc(C)cc2)cc(I)c1OCC(=O)Nc1ccc(Cl)c(Cl)c1. The number of nitrogens with one attached hydrogen (secondary N) is 2. The number of amides is 2. The lowest BCUT2D eigenvalue weighted by atomic mass is 10.1. The van der Waals surface area contributed by atoms with E-state index in [1.54, 1.807) is 42.5 Å². The molecule has 0 bridgehead atoms. The molecule has 0 aliphatic heterocycles. The molecule has 10 heteroatoms. The van der Waals surface area contributed by atoms with E-state index in [1.165, 1.54) is 13.3 Å². The van der Waals surface area contributed by atoms with Crippen LogP contribution in [0.5, 0.6) is 11.5 Å². The first-order valence-corrected chi connectivity index (χ1v) is 11.8. The van der Waals surface area contributed by atoms with Gasteiger partial charge in [-0.1, -0.05) is 40.9 Å². The summed E-state index contributed by atoms with van der Waals surface area (Å²) in [5, 5.41) is 7.44. The van der Waals surface area contributed by atoms with Crippen LogP contribution in [0.25, 0.3) is 0 Å².